The molecule has 1 atom stereocenters. The Kier molecular flexibility index (Phi) is 11.8. The van der Waals surface area contributed by atoms with Crippen LogP contribution >= 0.6 is 11.6 Å². The van der Waals surface area contributed by atoms with Gasteiger partial charge in [-0.3, -0.25) is 9.80 Å². The number of rotatable bonds is 10. The lowest BCUT2D eigenvalue weighted by molar-refractivity contribution is -0.123. The Labute approximate surface area is 210 Å². The average molecular weight is 512 g/mol. The molecule has 9 heteroatoms. The highest BCUT2D eigenvalue weighted by molar-refractivity contribution is 6.30. The standard InChI is InChI=1S/C26H33ClF3N3O2/c1-8-9-17(2)23(16-18(3)35-7)20(5)32-25(34)19(4)24(26(28,29)30)33(6)31-15-14-21-10-12-22(27)13-11-21/h8-13,15-16,20H,14H2,1-7H3,(H,32,34)/b9-8+,18-16+,23-17+,24-19+,31-15+. The van der Waals surface area contributed by atoms with Gasteiger partial charge in [-0.05, 0) is 69.5 Å². The summed E-state index contributed by atoms with van der Waals surface area (Å²) in [6.07, 6.45) is 2.30. The molecule has 0 aliphatic rings. The van der Waals surface area contributed by atoms with Gasteiger partial charge in [-0.1, -0.05) is 35.9 Å². The Morgan fingerprint density at radius 3 is 2.34 bits per heavy atom. The summed E-state index contributed by atoms with van der Waals surface area (Å²) in [6, 6.07) is 6.32. The summed E-state index contributed by atoms with van der Waals surface area (Å²) in [6.45, 7) is 8.29. The molecule has 1 N–H and O–H groups in total. The second-order valence-electron chi connectivity index (χ2n) is 7.92. The van der Waals surface area contributed by atoms with Crippen LogP contribution in [0, 0.1) is 0 Å². The van der Waals surface area contributed by atoms with E-state index in [0.717, 1.165) is 25.1 Å². The fraction of sp³-hybridized carbons (Fsp3) is 0.385. The zero-order chi connectivity index (χ0) is 26.8. The van der Waals surface area contributed by atoms with Gasteiger partial charge in [-0.15, -0.1) is 0 Å². The molecule has 0 saturated heterocycles. The number of hydrazone groups is 1. The monoisotopic (exact) mass is 511 g/mol. The van der Waals surface area contributed by atoms with Crippen LogP contribution in [0.15, 0.2) is 75.8 Å². The fourth-order valence-electron chi connectivity index (χ4n) is 3.28. The van der Waals surface area contributed by atoms with Crippen LogP contribution in [0.25, 0.3) is 0 Å². The van der Waals surface area contributed by atoms with Gasteiger partial charge in [0.25, 0.3) is 0 Å². The van der Waals surface area contributed by atoms with E-state index in [1.165, 1.54) is 13.3 Å². The molecule has 0 saturated carbocycles. The molecule has 192 valence electrons. The predicted molar refractivity (Wildman–Crippen MR) is 136 cm³/mol. The van der Waals surface area contributed by atoms with Gasteiger partial charge >= 0.3 is 6.18 Å². The van der Waals surface area contributed by atoms with Crippen molar-refractivity contribution in [3.8, 4) is 0 Å². The van der Waals surface area contributed by atoms with Crippen LogP contribution in [0.5, 0.6) is 0 Å². The third-order valence-corrected chi connectivity index (χ3v) is 5.40. The molecular formula is C26H33ClF3N3O2. The fourth-order valence-corrected chi connectivity index (χ4v) is 3.41. The van der Waals surface area contributed by atoms with E-state index in [0.29, 0.717) is 27.8 Å². The molecule has 0 fully saturated rings. The first-order valence-electron chi connectivity index (χ1n) is 11.0. The lowest BCUT2D eigenvalue weighted by atomic mass is 10.0. The minimum absolute atomic E-state index is 0.304. The van der Waals surface area contributed by atoms with Gasteiger partial charge in [0.15, 0.2) is 0 Å². The van der Waals surface area contributed by atoms with Crippen LogP contribution in [0.2, 0.25) is 5.02 Å². The number of amides is 1. The molecule has 1 aromatic carbocycles. The maximum absolute atomic E-state index is 13.9. The largest absolute Gasteiger partial charge is 0.501 e. The number of hydrogen-bond acceptors (Lipinski definition) is 4. The summed E-state index contributed by atoms with van der Waals surface area (Å²) < 4.78 is 46.9. The summed E-state index contributed by atoms with van der Waals surface area (Å²) in [7, 11) is 2.68. The number of hydrogen-bond donors (Lipinski definition) is 1. The number of methoxy groups -OCH3 is 1. The molecule has 0 aromatic heterocycles. The van der Waals surface area contributed by atoms with Crippen molar-refractivity contribution < 1.29 is 22.7 Å². The summed E-state index contributed by atoms with van der Waals surface area (Å²) in [4.78, 5) is 12.9. The van der Waals surface area contributed by atoms with Crippen LogP contribution < -0.4 is 5.32 Å². The summed E-state index contributed by atoms with van der Waals surface area (Å²) in [5.74, 6) is -0.248. The molecule has 0 bridgehead atoms. The van der Waals surface area contributed by atoms with Gasteiger partial charge in [0, 0.05) is 30.3 Å². The Morgan fingerprint density at radius 1 is 1.23 bits per heavy atom. The zero-order valence-corrected chi connectivity index (χ0v) is 21.9. The lowest BCUT2D eigenvalue weighted by Gasteiger charge is -2.24. The summed E-state index contributed by atoms with van der Waals surface area (Å²) in [5, 5.41) is 7.80. The molecule has 0 aliphatic carbocycles. The zero-order valence-electron chi connectivity index (χ0n) is 21.1. The van der Waals surface area contributed by atoms with Gasteiger partial charge in [0.05, 0.1) is 18.9 Å². The first-order chi connectivity index (χ1) is 16.3. The second kappa shape index (κ2) is 13.8. The smallest absolute Gasteiger partial charge is 0.433 e. The number of nitrogens with zero attached hydrogens (tertiary/aromatic N) is 2. The normalized spacial score (nSPS) is 15.1. The number of benzene rings is 1. The van der Waals surface area contributed by atoms with Gasteiger partial charge in [-0.2, -0.15) is 18.3 Å². The Hall–Kier alpha value is -3.00. The van der Waals surface area contributed by atoms with Crippen molar-refractivity contribution in [2.24, 2.45) is 5.10 Å². The van der Waals surface area contributed by atoms with Crippen molar-refractivity contribution in [1.82, 2.24) is 10.3 Å². The number of carbonyl (C=O) groups is 1. The minimum atomic E-state index is -4.79. The van der Waals surface area contributed by atoms with E-state index in [1.807, 2.05) is 26.0 Å². The lowest BCUT2D eigenvalue weighted by Crippen LogP contribution is -2.37. The molecule has 1 rings (SSSR count). The summed E-state index contributed by atoms with van der Waals surface area (Å²) in [5.41, 5.74) is 0.757. The number of halogens is 4. The van der Waals surface area contributed by atoms with Crippen molar-refractivity contribution in [3.05, 3.63) is 81.3 Å². The Morgan fingerprint density at radius 2 is 1.83 bits per heavy atom. The van der Waals surface area contributed by atoms with Crippen molar-refractivity contribution in [2.75, 3.05) is 14.2 Å². The van der Waals surface area contributed by atoms with Gasteiger partial charge < -0.3 is 10.1 Å². The van der Waals surface area contributed by atoms with Crippen LogP contribution in [0.1, 0.15) is 40.2 Å². The molecular weight excluding hydrogens is 479 g/mol. The van der Waals surface area contributed by atoms with Gasteiger partial charge in [0.1, 0.15) is 5.70 Å². The molecule has 1 unspecified atom stereocenters. The van der Waals surface area contributed by atoms with Crippen molar-refractivity contribution >= 4 is 23.7 Å². The summed E-state index contributed by atoms with van der Waals surface area (Å²) >= 11 is 5.85. The van der Waals surface area contributed by atoms with Crippen LogP contribution in [0.4, 0.5) is 13.2 Å². The van der Waals surface area contributed by atoms with E-state index in [-0.39, 0.29) is 0 Å². The van der Waals surface area contributed by atoms with Crippen molar-refractivity contribution in [3.63, 3.8) is 0 Å². The molecule has 35 heavy (non-hydrogen) atoms. The predicted octanol–water partition coefficient (Wildman–Crippen LogP) is 6.58. The molecule has 5 nitrogen and oxygen atoms in total. The number of alkyl halides is 3. The van der Waals surface area contributed by atoms with Gasteiger partial charge in [-0.25, -0.2) is 0 Å². The number of carbonyl (C=O) groups excluding carboxylic acids is 1. The second-order valence-corrected chi connectivity index (χ2v) is 8.35. The van der Waals surface area contributed by atoms with Crippen LogP contribution in [0.3, 0.4) is 0 Å². The molecule has 1 amide bonds. The van der Waals surface area contributed by atoms with Crippen LogP contribution in [-0.4, -0.2) is 43.5 Å². The SMILES string of the molecule is C/C=C/C(C)=C(\C=C(/C)OC)C(C)NC(=O)/C(C)=C(/N(C)/N=C/Cc1ccc(Cl)cc1)C(F)(F)F. The molecule has 0 aliphatic heterocycles. The molecule has 0 radical (unpaired) electrons. The first-order valence-corrected chi connectivity index (χ1v) is 11.3. The third kappa shape index (κ3) is 9.64. The number of nitrogens with one attached hydrogen (secondary N) is 1. The molecule has 0 spiro atoms. The Balaban J connectivity index is 3.21. The highest BCUT2D eigenvalue weighted by Crippen LogP contribution is 2.31. The highest BCUT2D eigenvalue weighted by atomic mass is 35.5. The first kappa shape index (κ1) is 30.0. The third-order valence-electron chi connectivity index (χ3n) is 5.15. The van der Waals surface area contributed by atoms with E-state index >= 15 is 0 Å². The van der Waals surface area contributed by atoms with E-state index < -0.39 is 29.4 Å². The molecule has 0 heterocycles. The molecule has 1 aromatic rings. The maximum atomic E-state index is 13.9. The van der Waals surface area contributed by atoms with Crippen molar-refractivity contribution in [1.29, 1.82) is 0 Å². The van der Waals surface area contributed by atoms with Gasteiger partial charge in [0.2, 0.25) is 5.91 Å². The topological polar surface area (TPSA) is 53.9 Å². The number of ether oxygens (including phenoxy) is 1. The minimum Gasteiger partial charge on any atom is -0.501 e. The van der Waals surface area contributed by atoms with E-state index in [4.69, 9.17) is 16.3 Å². The Bertz CT molecular complexity index is 1020. The number of allylic oxidation sites excluding steroid dienone is 5. The maximum Gasteiger partial charge on any atom is 0.433 e. The highest BCUT2D eigenvalue weighted by Gasteiger charge is 2.40. The van der Waals surface area contributed by atoms with E-state index in [2.05, 4.69) is 10.4 Å². The van der Waals surface area contributed by atoms with E-state index in [1.54, 1.807) is 44.2 Å². The quantitative estimate of drug-likeness (QED) is 0.127. The van der Waals surface area contributed by atoms with Crippen LogP contribution in [-0.2, 0) is 16.0 Å². The average Bonchev–Trinajstić information content (AvgIpc) is 2.77. The van der Waals surface area contributed by atoms with Crippen molar-refractivity contribution in [2.45, 2.75) is 53.3 Å². The van der Waals surface area contributed by atoms with E-state index in [9.17, 15) is 18.0 Å².